The first kappa shape index (κ1) is 10.6. The molecule has 0 amide bonds. The van der Waals surface area contributed by atoms with Gasteiger partial charge in [0.05, 0.1) is 0 Å². The first-order valence-electron chi connectivity index (χ1n) is 6.22. The molecule has 1 fully saturated rings. The second-order valence-corrected chi connectivity index (χ2v) is 5.71. The van der Waals surface area contributed by atoms with E-state index in [4.69, 9.17) is 10.2 Å². The number of hydrogen-bond donors (Lipinski definition) is 1. The molecule has 1 aliphatic carbocycles. The minimum atomic E-state index is 0.298. The van der Waals surface area contributed by atoms with Crippen molar-refractivity contribution >= 4 is 16.8 Å². The van der Waals surface area contributed by atoms with Crippen LogP contribution in [0, 0.1) is 5.41 Å². The average molecular weight is 230 g/mol. The van der Waals surface area contributed by atoms with Crippen molar-refractivity contribution in [2.45, 2.75) is 39.0 Å². The second kappa shape index (κ2) is 3.49. The topological polar surface area (TPSA) is 52.0 Å². The molecule has 3 nitrogen and oxygen atoms in total. The number of oxazole rings is 1. The van der Waals surface area contributed by atoms with E-state index in [9.17, 15) is 0 Å². The molecule has 0 saturated heterocycles. The van der Waals surface area contributed by atoms with Crippen LogP contribution in [0.2, 0.25) is 0 Å². The van der Waals surface area contributed by atoms with Crippen molar-refractivity contribution in [3.05, 3.63) is 24.1 Å². The first-order chi connectivity index (χ1) is 8.06. The van der Waals surface area contributed by atoms with Crippen molar-refractivity contribution in [3.63, 3.8) is 0 Å². The number of anilines is 1. The van der Waals surface area contributed by atoms with Gasteiger partial charge in [-0.1, -0.05) is 20.3 Å². The van der Waals surface area contributed by atoms with Gasteiger partial charge in [-0.05, 0) is 36.5 Å². The average Bonchev–Trinajstić information content (AvgIpc) is 2.79. The molecular formula is C14H18N2O. The molecule has 3 rings (SSSR count). The predicted octanol–water partition coefficient (Wildman–Crippen LogP) is 3.70. The van der Waals surface area contributed by atoms with Crippen molar-refractivity contribution in [1.82, 2.24) is 4.98 Å². The van der Waals surface area contributed by atoms with Crippen molar-refractivity contribution in [2.24, 2.45) is 5.41 Å². The van der Waals surface area contributed by atoms with Gasteiger partial charge < -0.3 is 10.2 Å². The van der Waals surface area contributed by atoms with Crippen molar-refractivity contribution in [2.75, 3.05) is 5.73 Å². The van der Waals surface area contributed by atoms with Gasteiger partial charge in [-0.15, -0.1) is 0 Å². The van der Waals surface area contributed by atoms with Gasteiger partial charge in [-0.25, -0.2) is 4.98 Å². The summed E-state index contributed by atoms with van der Waals surface area (Å²) in [6.45, 7) is 4.60. The lowest BCUT2D eigenvalue weighted by atomic mass is 9.82. The summed E-state index contributed by atoms with van der Waals surface area (Å²) in [5.41, 5.74) is 8.52. The lowest BCUT2D eigenvalue weighted by Gasteiger charge is -2.23. The minimum Gasteiger partial charge on any atom is -0.440 e. The van der Waals surface area contributed by atoms with Crippen LogP contribution in [0.5, 0.6) is 0 Å². The fourth-order valence-electron chi connectivity index (χ4n) is 2.90. The molecule has 1 aromatic carbocycles. The van der Waals surface area contributed by atoms with Crippen molar-refractivity contribution in [1.29, 1.82) is 0 Å². The molecule has 0 bridgehead atoms. The molecule has 17 heavy (non-hydrogen) atoms. The Hall–Kier alpha value is -1.51. The van der Waals surface area contributed by atoms with E-state index in [0.717, 1.165) is 22.7 Å². The van der Waals surface area contributed by atoms with E-state index in [1.165, 1.54) is 19.3 Å². The summed E-state index contributed by atoms with van der Waals surface area (Å²) in [5, 5.41) is 0. The third-order valence-electron chi connectivity index (χ3n) is 3.98. The molecule has 1 unspecified atom stereocenters. The lowest BCUT2D eigenvalue weighted by Crippen LogP contribution is -2.15. The maximum atomic E-state index is 5.88. The molecule has 1 atom stereocenters. The Balaban J connectivity index is 2.06. The van der Waals surface area contributed by atoms with Crippen LogP contribution in [0.4, 0.5) is 5.69 Å². The number of nitrogen functional groups attached to an aromatic ring is 1. The van der Waals surface area contributed by atoms with Crippen LogP contribution >= 0.6 is 0 Å². The van der Waals surface area contributed by atoms with E-state index in [1.54, 1.807) is 0 Å². The molecule has 2 aromatic rings. The van der Waals surface area contributed by atoms with Crippen LogP contribution in [-0.2, 0) is 0 Å². The van der Waals surface area contributed by atoms with E-state index in [0.29, 0.717) is 11.3 Å². The molecule has 1 aromatic heterocycles. The molecule has 2 N–H and O–H groups in total. The number of nitrogens with zero attached hydrogens (tertiary/aromatic N) is 1. The standard InChI is InChI=1S/C14H18N2O/c1-14(2)7-3-4-10(14)13-16-11-8-9(15)5-6-12(11)17-13/h5-6,8,10H,3-4,7,15H2,1-2H3. The monoisotopic (exact) mass is 230 g/mol. The second-order valence-electron chi connectivity index (χ2n) is 5.71. The fourth-order valence-corrected chi connectivity index (χ4v) is 2.90. The largest absolute Gasteiger partial charge is 0.440 e. The fraction of sp³-hybridized carbons (Fsp3) is 0.500. The van der Waals surface area contributed by atoms with Gasteiger partial charge in [0.1, 0.15) is 5.52 Å². The molecule has 0 radical (unpaired) electrons. The number of rotatable bonds is 1. The van der Waals surface area contributed by atoms with Gasteiger partial charge in [-0.3, -0.25) is 0 Å². The van der Waals surface area contributed by atoms with Crippen LogP contribution < -0.4 is 5.73 Å². The summed E-state index contributed by atoms with van der Waals surface area (Å²) in [7, 11) is 0. The zero-order valence-corrected chi connectivity index (χ0v) is 10.4. The van der Waals surface area contributed by atoms with Gasteiger partial charge in [-0.2, -0.15) is 0 Å². The van der Waals surface area contributed by atoms with Crippen LogP contribution in [0.25, 0.3) is 11.1 Å². The highest BCUT2D eigenvalue weighted by Crippen LogP contribution is 2.48. The third-order valence-corrected chi connectivity index (χ3v) is 3.98. The smallest absolute Gasteiger partial charge is 0.199 e. The van der Waals surface area contributed by atoms with Gasteiger partial charge in [0, 0.05) is 11.6 Å². The van der Waals surface area contributed by atoms with E-state index in [1.807, 2.05) is 18.2 Å². The van der Waals surface area contributed by atoms with Crippen molar-refractivity contribution in [3.8, 4) is 0 Å². The van der Waals surface area contributed by atoms with Crippen LogP contribution in [0.15, 0.2) is 22.6 Å². The summed E-state index contributed by atoms with van der Waals surface area (Å²) in [6.07, 6.45) is 3.69. The normalized spacial score (nSPS) is 23.3. The SMILES string of the molecule is CC1(C)CCCC1c1nc2cc(N)ccc2o1. The Labute approximate surface area is 101 Å². The van der Waals surface area contributed by atoms with E-state index >= 15 is 0 Å². The zero-order chi connectivity index (χ0) is 12.0. The highest BCUT2D eigenvalue weighted by molar-refractivity contribution is 5.76. The van der Waals surface area contributed by atoms with Crippen LogP contribution in [0.3, 0.4) is 0 Å². The van der Waals surface area contributed by atoms with E-state index in [2.05, 4.69) is 18.8 Å². The van der Waals surface area contributed by atoms with E-state index in [-0.39, 0.29) is 0 Å². The predicted molar refractivity (Wildman–Crippen MR) is 68.8 cm³/mol. The Morgan fingerprint density at radius 3 is 2.94 bits per heavy atom. The number of benzene rings is 1. The molecule has 1 heterocycles. The van der Waals surface area contributed by atoms with Gasteiger partial charge in [0.15, 0.2) is 11.5 Å². The molecular weight excluding hydrogens is 212 g/mol. The molecule has 90 valence electrons. The number of hydrogen-bond acceptors (Lipinski definition) is 3. The molecule has 0 aliphatic heterocycles. The Bertz CT molecular complexity index is 556. The van der Waals surface area contributed by atoms with Gasteiger partial charge in [0.25, 0.3) is 0 Å². The summed E-state index contributed by atoms with van der Waals surface area (Å²) >= 11 is 0. The first-order valence-corrected chi connectivity index (χ1v) is 6.22. The summed E-state index contributed by atoms with van der Waals surface area (Å²) in [4.78, 5) is 4.60. The number of fused-ring (bicyclic) bond motifs is 1. The quantitative estimate of drug-likeness (QED) is 0.760. The highest BCUT2D eigenvalue weighted by atomic mass is 16.3. The minimum absolute atomic E-state index is 0.298. The Morgan fingerprint density at radius 1 is 1.41 bits per heavy atom. The zero-order valence-electron chi connectivity index (χ0n) is 10.4. The summed E-state index contributed by atoms with van der Waals surface area (Å²) in [5.74, 6) is 1.32. The maximum absolute atomic E-state index is 5.88. The van der Waals surface area contributed by atoms with E-state index < -0.39 is 0 Å². The Morgan fingerprint density at radius 2 is 2.24 bits per heavy atom. The highest BCUT2D eigenvalue weighted by Gasteiger charge is 2.38. The van der Waals surface area contributed by atoms with Gasteiger partial charge >= 0.3 is 0 Å². The van der Waals surface area contributed by atoms with Gasteiger partial charge in [0.2, 0.25) is 0 Å². The number of nitrogens with two attached hydrogens (primary N) is 1. The van der Waals surface area contributed by atoms with Crippen molar-refractivity contribution < 1.29 is 4.42 Å². The maximum Gasteiger partial charge on any atom is 0.199 e. The van der Waals surface area contributed by atoms with Crippen LogP contribution in [0.1, 0.15) is 44.9 Å². The molecule has 1 saturated carbocycles. The molecule has 0 spiro atoms. The van der Waals surface area contributed by atoms with Crippen LogP contribution in [-0.4, -0.2) is 4.98 Å². The Kier molecular flexibility index (Phi) is 2.18. The third kappa shape index (κ3) is 1.70. The molecule has 3 heteroatoms. The number of aromatic nitrogens is 1. The molecule has 1 aliphatic rings. The summed E-state index contributed by atoms with van der Waals surface area (Å²) in [6, 6.07) is 5.64. The lowest BCUT2D eigenvalue weighted by molar-refractivity contribution is 0.291. The summed E-state index contributed by atoms with van der Waals surface area (Å²) < 4.78 is 5.88.